The van der Waals surface area contributed by atoms with E-state index in [4.69, 9.17) is 4.74 Å². The summed E-state index contributed by atoms with van der Waals surface area (Å²) in [6, 6.07) is 9.86. The Morgan fingerprint density at radius 3 is 2.85 bits per heavy atom. The van der Waals surface area contributed by atoms with E-state index in [1.807, 2.05) is 0 Å². The van der Waals surface area contributed by atoms with Gasteiger partial charge in [-0.05, 0) is 36.4 Å². The maximum Gasteiger partial charge on any atom is 0.300 e. The number of benzene rings is 2. The molecular weight excluding hydrogens is 335 g/mol. The molecule has 0 radical (unpaired) electrons. The molecule has 3 heterocycles. The van der Waals surface area contributed by atoms with Crippen LogP contribution in [0, 0.1) is 5.82 Å². The molecule has 0 bridgehead atoms. The number of H-pyrrole nitrogens is 2. The zero-order valence-electron chi connectivity index (χ0n) is 13.3. The predicted octanol–water partition coefficient (Wildman–Crippen LogP) is 3.88. The molecule has 5 rings (SSSR count). The van der Waals surface area contributed by atoms with E-state index in [0.29, 0.717) is 38.3 Å². The van der Waals surface area contributed by atoms with Crippen LogP contribution in [0.5, 0.6) is 11.8 Å². The summed E-state index contributed by atoms with van der Waals surface area (Å²) in [5, 5.41) is 2.23. The second kappa shape index (κ2) is 5.38. The van der Waals surface area contributed by atoms with Crippen molar-refractivity contribution in [2.24, 2.45) is 0 Å². The lowest BCUT2D eigenvalue weighted by molar-refractivity contribution is 0.447. The molecule has 0 unspecified atom stereocenters. The highest BCUT2D eigenvalue weighted by molar-refractivity contribution is 6.23. The fourth-order valence-electron chi connectivity index (χ4n) is 3.19. The van der Waals surface area contributed by atoms with Gasteiger partial charge in [-0.25, -0.2) is 4.39 Å². The number of aromatic amines is 2. The summed E-state index contributed by atoms with van der Waals surface area (Å²) in [6.45, 7) is 0. The van der Waals surface area contributed by atoms with Gasteiger partial charge in [0.05, 0.1) is 17.1 Å². The fraction of sp³-hybridized carbons (Fsp3) is 0. The van der Waals surface area contributed by atoms with Gasteiger partial charge in [-0.15, -0.1) is 0 Å². The number of pyridine rings is 2. The molecule has 6 nitrogen and oxygen atoms in total. The summed E-state index contributed by atoms with van der Waals surface area (Å²) in [4.78, 5) is 26.7. The molecule has 0 atom stereocenters. The fourth-order valence-corrected chi connectivity index (χ4v) is 3.19. The lowest BCUT2D eigenvalue weighted by Crippen LogP contribution is -2.05. The van der Waals surface area contributed by atoms with Crippen molar-refractivity contribution in [2.45, 2.75) is 0 Å². The molecule has 26 heavy (non-hydrogen) atoms. The standard InChI is InChI=1S/C19H11FN4O2/c20-10-3-4-12-14(8-10)15-13(5-7-22-18(15)25)17-16(12)23-19(24-17)26-11-2-1-6-21-9-11/h1-9H,(H,22,25)(H,23,24). The van der Waals surface area contributed by atoms with Crippen molar-refractivity contribution in [3.8, 4) is 11.8 Å². The Morgan fingerprint density at radius 2 is 2.00 bits per heavy atom. The quantitative estimate of drug-likeness (QED) is 0.475. The molecule has 126 valence electrons. The lowest BCUT2D eigenvalue weighted by atomic mass is 10.0. The zero-order chi connectivity index (χ0) is 17.7. The van der Waals surface area contributed by atoms with Crippen LogP contribution in [0.2, 0.25) is 0 Å². The molecule has 2 N–H and O–H groups in total. The average molecular weight is 346 g/mol. The third kappa shape index (κ3) is 2.14. The molecule has 5 aromatic rings. The molecule has 3 aromatic heterocycles. The van der Waals surface area contributed by atoms with Crippen LogP contribution < -0.4 is 10.3 Å². The first kappa shape index (κ1) is 14.6. The smallest absolute Gasteiger partial charge is 0.300 e. The third-order valence-electron chi connectivity index (χ3n) is 4.27. The number of ether oxygens (including phenoxy) is 1. The Labute approximate surface area is 145 Å². The van der Waals surface area contributed by atoms with Crippen LogP contribution >= 0.6 is 0 Å². The van der Waals surface area contributed by atoms with Crippen molar-refractivity contribution in [1.29, 1.82) is 0 Å². The van der Waals surface area contributed by atoms with Crippen LogP contribution in [0.1, 0.15) is 0 Å². The number of nitrogens with zero attached hydrogens (tertiary/aromatic N) is 2. The van der Waals surface area contributed by atoms with Gasteiger partial charge in [0, 0.05) is 28.6 Å². The van der Waals surface area contributed by atoms with Gasteiger partial charge >= 0.3 is 0 Å². The molecule has 0 saturated heterocycles. The monoisotopic (exact) mass is 346 g/mol. The SMILES string of the molecule is O=c1[nH]ccc2c3[nH]c(Oc4cccnc4)nc3c3ccc(F)cc3c12. The van der Waals surface area contributed by atoms with Gasteiger partial charge in [-0.3, -0.25) is 9.78 Å². The van der Waals surface area contributed by atoms with Gasteiger partial charge in [0.15, 0.2) is 0 Å². The molecule has 0 fully saturated rings. The van der Waals surface area contributed by atoms with Crippen molar-refractivity contribution in [1.82, 2.24) is 19.9 Å². The second-order valence-corrected chi connectivity index (χ2v) is 5.84. The van der Waals surface area contributed by atoms with E-state index in [0.717, 1.165) is 0 Å². The number of fused-ring (bicyclic) bond motifs is 6. The van der Waals surface area contributed by atoms with Crippen LogP contribution in [-0.4, -0.2) is 19.9 Å². The molecule has 0 aliphatic heterocycles. The van der Waals surface area contributed by atoms with E-state index in [1.165, 1.54) is 12.1 Å². The Bertz CT molecular complexity index is 1340. The molecule has 0 aliphatic rings. The van der Waals surface area contributed by atoms with Crippen LogP contribution in [0.3, 0.4) is 0 Å². The normalized spacial score (nSPS) is 11.4. The molecule has 0 aliphatic carbocycles. The minimum Gasteiger partial charge on any atom is -0.424 e. The Balaban J connectivity index is 1.87. The molecular formula is C19H11FN4O2. The highest BCUT2D eigenvalue weighted by Gasteiger charge is 2.16. The number of nitrogens with one attached hydrogen (secondary N) is 2. The summed E-state index contributed by atoms with van der Waals surface area (Å²) in [6.07, 6.45) is 4.77. The van der Waals surface area contributed by atoms with Gasteiger partial charge in [-0.2, -0.15) is 4.98 Å². The van der Waals surface area contributed by atoms with E-state index < -0.39 is 5.82 Å². The first-order valence-electron chi connectivity index (χ1n) is 7.91. The highest BCUT2D eigenvalue weighted by Crippen LogP contribution is 2.34. The minimum absolute atomic E-state index is 0.270. The number of halogens is 1. The molecule has 0 amide bonds. The van der Waals surface area contributed by atoms with Crippen molar-refractivity contribution >= 4 is 32.6 Å². The Morgan fingerprint density at radius 1 is 1.08 bits per heavy atom. The van der Waals surface area contributed by atoms with Crippen LogP contribution in [0.25, 0.3) is 32.6 Å². The van der Waals surface area contributed by atoms with Crippen LogP contribution in [0.4, 0.5) is 4.39 Å². The highest BCUT2D eigenvalue weighted by atomic mass is 19.1. The summed E-state index contributed by atoms with van der Waals surface area (Å²) in [5.41, 5.74) is 0.977. The first-order valence-corrected chi connectivity index (χ1v) is 7.91. The summed E-state index contributed by atoms with van der Waals surface area (Å²) >= 11 is 0. The average Bonchev–Trinajstić information content (AvgIpc) is 3.06. The van der Waals surface area contributed by atoms with Gasteiger partial charge in [-0.1, -0.05) is 0 Å². The first-order chi connectivity index (χ1) is 12.7. The number of hydrogen-bond acceptors (Lipinski definition) is 4. The van der Waals surface area contributed by atoms with Gasteiger partial charge in [0.2, 0.25) is 0 Å². The van der Waals surface area contributed by atoms with Crippen molar-refractivity contribution in [3.63, 3.8) is 0 Å². The van der Waals surface area contributed by atoms with Crippen LogP contribution in [-0.2, 0) is 0 Å². The Hall–Kier alpha value is -3.74. The maximum absolute atomic E-state index is 13.8. The Kier molecular flexibility index (Phi) is 3.02. The second-order valence-electron chi connectivity index (χ2n) is 5.84. The molecule has 0 spiro atoms. The van der Waals surface area contributed by atoms with Gasteiger partial charge in [0.25, 0.3) is 11.6 Å². The van der Waals surface area contributed by atoms with Crippen molar-refractivity contribution < 1.29 is 9.13 Å². The van der Waals surface area contributed by atoms with E-state index in [-0.39, 0.29) is 11.6 Å². The number of imidazole rings is 1. The summed E-state index contributed by atoms with van der Waals surface area (Å²) < 4.78 is 19.5. The van der Waals surface area contributed by atoms with E-state index >= 15 is 0 Å². The van der Waals surface area contributed by atoms with E-state index in [2.05, 4.69) is 19.9 Å². The maximum atomic E-state index is 13.8. The predicted molar refractivity (Wildman–Crippen MR) is 96.0 cm³/mol. The third-order valence-corrected chi connectivity index (χ3v) is 4.27. The number of aromatic nitrogens is 4. The van der Waals surface area contributed by atoms with Gasteiger partial charge < -0.3 is 14.7 Å². The lowest BCUT2D eigenvalue weighted by Gasteiger charge is -2.05. The minimum atomic E-state index is -0.413. The van der Waals surface area contributed by atoms with Crippen molar-refractivity contribution in [2.75, 3.05) is 0 Å². The summed E-state index contributed by atoms with van der Waals surface area (Å²) in [7, 11) is 0. The van der Waals surface area contributed by atoms with E-state index in [9.17, 15) is 9.18 Å². The van der Waals surface area contributed by atoms with Crippen LogP contribution in [0.15, 0.2) is 59.8 Å². The topological polar surface area (TPSA) is 83.7 Å². The van der Waals surface area contributed by atoms with E-state index in [1.54, 1.807) is 42.9 Å². The van der Waals surface area contributed by atoms with Crippen molar-refractivity contribution in [3.05, 3.63) is 71.2 Å². The zero-order valence-corrected chi connectivity index (χ0v) is 13.3. The largest absolute Gasteiger partial charge is 0.424 e. The molecule has 7 heteroatoms. The number of hydrogen-bond donors (Lipinski definition) is 2. The summed E-state index contributed by atoms with van der Waals surface area (Å²) in [5.74, 6) is 0.118. The number of rotatable bonds is 2. The molecule has 0 saturated carbocycles. The van der Waals surface area contributed by atoms with Gasteiger partial charge in [0.1, 0.15) is 17.1 Å². The molecule has 2 aromatic carbocycles.